The summed E-state index contributed by atoms with van der Waals surface area (Å²) in [5.74, 6) is -3.91. The highest BCUT2D eigenvalue weighted by atomic mass is 16.8. The lowest BCUT2D eigenvalue weighted by Crippen LogP contribution is -2.60. The van der Waals surface area contributed by atoms with Crippen molar-refractivity contribution in [1.82, 2.24) is 0 Å². The Hall–Kier alpha value is -3.04. The maximum absolute atomic E-state index is 12.6. The molecule has 214 valence electrons. The quantitative estimate of drug-likeness (QED) is 0.174. The van der Waals surface area contributed by atoms with Gasteiger partial charge in [-0.2, -0.15) is 0 Å². The van der Waals surface area contributed by atoms with Crippen LogP contribution in [-0.4, -0.2) is 105 Å². The molecular formula is C26H32O13. The minimum Gasteiger partial charge on any atom is -0.508 e. The Morgan fingerprint density at radius 2 is 1.69 bits per heavy atom. The van der Waals surface area contributed by atoms with Gasteiger partial charge in [0.15, 0.2) is 6.29 Å². The molecule has 1 aliphatic carbocycles. The van der Waals surface area contributed by atoms with Gasteiger partial charge in [-0.05, 0) is 23.8 Å². The SMILES string of the molecule is COC(=O)C1=CO[C@@H](O[C@@H]2O[C@H](CO)[C@@H](O)[C@H](O)[C@H]2O)[C@@H]2[C@H](C)[C@@H](OC(=O)C=Cc3ccc(O)cc3)[C@@H](O)[C@H]12. The van der Waals surface area contributed by atoms with Crippen molar-refractivity contribution in [2.45, 2.75) is 56.1 Å². The van der Waals surface area contributed by atoms with Crippen molar-refractivity contribution in [1.29, 1.82) is 0 Å². The van der Waals surface area contributed by atoms with Crippen molar-refractivity contribution < 1.29 is 63.9 Å². The van der Waals surface area contributed by atoms with Crippen LogP contribution < -0.4 is 0 Å². The van der Waals surface area contributed by atoms with Crippen molar-refractivity contribution >= 4 is 18.0 Å². The molecule has 11 atom stereocenters. The van der Waals surface area contributed by atoms with E-state index in [9.17, 15) is 40.2 Å². The van der Waals surface area contributed by atoms with Gasteiger partial charge in [0.2, 0.25) is 6.29 Å². The molecule has 2 aliphatic heterocycles. The summed E-state index contributed by atoms with van der Waals surface area (Å²) in [7, 11) is 1.16. The first-order valence-corrected chi connectivity index (χ1v) is 12.3. The average Bonchev–Trinajstić information content (AvgIpc) is 3.18. The molecular weight excluding hydrogens is 520 g/mol. The number of carbonyl (C=O) groups excluding carboxylic acids is 2. The van der Waals surface area contributed by atoms with Crippen LogP contribution in [0.1, 0.15) is 12.5 Å². The Kier molecular flexibility index (Phi) is 8.91. The minimum atomic E-state index is -1.71. The van der Waals surface area contributed by atoms with Gasteiger partial charge in [0.1, 0.15) is 36.3 Å². The lowest BCUT2D eigenvalue weighted by Gasteiger charge is -2.43. The van der Waals surface area contributed by atoms with E-state index < -0.39 is 85.5 Å². The molecule has 2 heterocycles. The van der Waals surface area contributed by atoms with Crippen LogP contribution in [-0.2, 0) is 33.3 Å². The molecule has 4 rings (SSSR count). The zero-order valence-corrected chi connectivity index (χ0v) is 21.1. The number of aliphatic hydroxyl groups excluding tert-OH is 5. The molecule has 0 bridgehead atoms. The van der Waals surface area contributed by atoms with E-state index in [0.29, 0.717) is 5.56 Å². The fourth-order valence-electron chi connectivity index (χ4n) is 5.24. The smallest absolute Gasteiger partial charge is 0.337 e. The van der Waals surface area contributed by atoms with Gasteiger partial charge in [-0.3, -0.25) is 0 Å². The molecule has 0 radical (unpaired) electrons. The Morgan fingerprint density at radius 3 is 2.33 bits per heavy atom. The Bertz CT molecular complexity index is 1080. The summed E-state index contributed by atoms with van der Waals surface area (Å²) in [4.78, 5) is 25.1. The maximum Gasteiger partial charge on any atom is 0.337 e. The summed E-state index contributed by atoms with van der Waals surface area (Å²) >= 11 is 0. The topological polar surface area (TPSA) is 202 Å². The van der Waals surface area contributed by atoms with E-state index in [2.05, 4.69) is 0 Å². The summed E-state index contributed by atoms with van der Waals surface area (Å²) < 4.78 is 27.2. The molecule has 13 nitrogen and oxygen atoms in total. The van der Waals surface area contributed by atoms with Crippen LogP contribution in [0.3, 0.4) is 0 Å². The van der Waals surface area contributed by atoms with E-state index in [1.165, 1.54) is 18.2 Å². The van der Waals surface area contributed by atoms with Crippen molar-refractivity contribution in [3.63, 3.8) is 0 Å². The van der Waals surface area contributed by atoms with Gasteiger partial charge in [0.05, 0.1) is 31.7 Å². The summed E-state index contributed by atoms with van der Waals surface area (Å²) in [6.07, 6.45) is -7.83. The number of benzene rings is 1. The number of hydrogen-bond donors (Lipinski definition) is 6. The molecule has 39 heavy (non-hydrogen) atoms. The maximum atomic E-state index is 12.6. The number of carbonyl (C=O) groups is 2. The van der Waals surface area contributed by atoms with Gasteiger partial charge >= 0.3 is 11.9 Å². The monoisotopic (exact) mass is 552 g/mol. The van der Waals surface area contributed by atoms with Crippen LogP contribution in [0.2, 0.25) is 0 Å². The number of methoxy groups -OCH3 is 1. The van der Waals surface area contributed by atoms with Gasteiger partial charge in [-0.1, -0.05) is 19.1 Å². The zero-order chi connectivity index (χ0) is 28.4. The number of aliphatic hydroxyl groups is 5. The van der Waals surface area contributed by atoms with Crippen LogP contribution >= 0.6 is 0 Å². The first-order valence-electron chi connectivity index (χ1n) is 12.3. The van der Waals surface area contributed by atoms with E-state index in [4.69, 9.17) is 23.7 Å². The van der Waals surface area contributed by atoms with Crippen LogP contribution in [0.5, 0.6) is 5.75 Å². The molecule has 0 spiro atoms. The number of rotatable bonds is 7. The largest absolute Gasteiger partial charge is 0.508 e. The molecule has 1 saturated carbocycles. The highest BCUT2D eigenvalue weighted by Crippen LogP contribution is 2.49. The number of aromatic hydroxyl groups is 1. The van der Waals surface area contributed by atoms with Crippen LogP contribution in [0, 0.1) is 17.8 Å². The molecule has 1 aromatic carbocycles. The summed E-state index contributed by atoms with van der Waals surface area (Å²) in [5, 5.41) is 60.6. The fourth-order valence-corrected chi connectivity index (χ4v) is 5.24. The van der Waals surface area contributed by atoms with Gasteiger partial charge in [0, 0.05) is 23.8 Å². The third kappa shape index (κ3) is 5.79. The third-order valence-corrected chi connectivity index (χ3v) is 7.34. The second-order valence-corrected chi connectivity index (χ2v) is 9.68. The van der Waals surface area contributed by atoms with Crippen molar-refractivity contribution in [3.05, 3.63) is 47.7 Å². The molecule has 1 saturated heterocycles. The lowest BCUT2D eigenvalue weighted by molar-refractivity contribution is -0.343. The molecule has 0 amide bonds. The number of esters is 2. The first kappa shape index (κ1) is 29.0. The molecule has 6 N–H and O–H groups in total. The lowest BCUT2D eigenvalue weighted by atomic mass is 9.82. The Labute approximate surface area is 223 Å². The predicted molar refractivity (Wildman–Crippen MR) is 129 cm³/mol. The normalized spacial score (nSPS) is 38.0. The fraction of sp³-hybridized carbons (Fsp3) is 0.538. The van der Waals surface area contributed by atoms with Crippen molar-refractivity contribution in [3.8, 4) is 5.75 Å². The van der Waals surface area contributed by atoms with Crippen molar-refractivity contribution in [2.75, 3.05) is 13.7 Å². The van der Waals surface area contributed by atoms with Crippen molar-refractivity contribution in [2.24, 2.45) is 17.8 Å². The van der Waals surface area contributed by atoms with Crippen LogP contribution in [0.4, 0.5) is 0 Å². The molecule has 0 aromatic heterocycles. The molecule has 0 unspecified atom stereocenters. The van der Waals surface area contributed by atoms with E-state index in [-0.39, 0.29) is 11.3 Å². The highest BCUT2D eigenvalue weighted by molar-refractivity contribution is 5.89. The van der Waals surface area contributed by atoms with E-state index in [1.807, 2.05) is 0 Å². The first-order chi connectivity index (χ1) is 18.6. The number of fused-ring (bicyclic) bond motifs is 1. The molecule has 13 heteroatoms. The zero-order valence-electron chi connectivity index (χ0n) is 21.1. The summed E-state index contributed by atoms with van der Waals surface area (Å²) in [6, 6.07) is 6.09. The minimum absolute atomic E-state index is 0.0197. The number of phenols is 1. The Morgan fingerprint density at radius 1 is 1.00 bits per heavy atom. The number of ether oxygens (including phenoxy) is 5. The standard InChI is InChI=1S/C26H32O13/c1-11-17-18(20(31)23(11)38-16(29)8-5-12-3-6-13(28)7-4-12)14(24(34)35-2)10-36-25(17)39-26-22(33)21(32)19(30)15(9-27)37-26/h3-8,10-11,15,17-23,25-28,30-33H,9H2,1-2H3/t11-,15+,17+,18+,19+,20-,21-,22+,23+,25-,26-/m0/s1. The van der Waals surface area contributed by atoms with Gasteiger partial charge in [-0.15, -0.1) is 0 Å². The Balaban J connectivity index is 1.54. The van der Waals surface area contributed by atoms with E-state index in [0.717, 1.165) is 19.4 Å². The number of hydrogen-bond acceptors (Lipinski definition) is 13. The molecule has 2 fully saturated rings. The molecule has 1 aromatic rings. The predicted octanol–water partition coefficient (Wildman–Crippen LogP) is -1.21. The van der Waals surface area contributed by atoms with E-state index >= 15 is 0 Å². The van der Waals surface area contributed by atoms with Crippen LogP contribution in [0.15, 0.2) is 42.2 Å². The second kappa shape index (κ2) is 12.0. The summed E-state index contributed by atoms with van der Waals surface area (Å²) in [5.41, 5.74) is 0.601. The van der Waals surface area contributed by atoms with Gasteiger partial charge in [0.25, 0.3) is 0 Å². The van der Waals surface area contributed by atoms with Gasteiger partial charge < -0.3 is 54.3 Å². The number of phenolic OH excluding ortho intramolecular Hbond substituents is 1. The summed E-state index contributed by atoms with van der Waals surface area (Å²) in [6.45, 7) is 0.988. The van der Waals surface area contributed by atoms with Crippen LogP contribution in [0.25, 0.3) is 6.08 Å². The highest BCUT2D eigenvalue weighted by Gasteiger charge is 2.59. The van der Waals surface area contributed by atoms with Gasteiger partial charge in [-0.25, -0.2) is 9.59 Å². The average molecular weight is 553 g/mol. The van der Waals surface area contributed by atoms with E-state index in [1.54, 1.807) is 19.1 Å². The second-order valence-electron chi connectivity index (χ2n) is 9.68. The molecule has 3 aliphatic rings. The third-order valence-electron chi connectivity index (χ3n) is 7.34.